The van der Waals surface area contributed by atoms with E-state index in [0.717, 1.165) is 6.07 Å². The number of piperazine rings is 1. The molecule has 2 rings (SSSR count). The lowest BCUT2D eigenvalue weighted by Crippen LogP contribution is -2.48. The van der Waals surface area contributed by atoms with E-state index in [9.17, 15) is 18.0 Å². The Kier molecular flexibility index (Phi) is 4.72. The molecular weight excluding hydrogens is 283 g/mol. The monoisotopic (exact) mass is 301 g/mol. The molecule has 1 heterocycles. The van der Waals surface area contributed by atoms with Crippen LogP contribution in [0.2, 0.25) is 0 Å². The summed E-state index contributed by atoms with van der Waals surface area (Å²) in [6, 6.07) is 4.28. The number of nitrogens with zero attached hydrogens (tertiary/aromatic N) is 1. The maximum absolute atomic E-state index is 13.3. The first-order valence-corrected chi connectivity index (χ1v) is 6.84. The molecule has 0 saturated carbocycles. The molecule has 1 saturated heterocycles. The molecule has 116 valence electrons. The van der Waals surface area contributed by atoms with E-state index in [0.29, 0.717) is 31.7 Å². The predicted octanol–water partition coefficient (Wildman–Crippen LogP) is 1.75. The molecule has 1 amide bonds. The van der Waals surface area contributed by atoms with Crippen LogP contribution in [0.25, 0.3) is 0 Å². The Morgan fingerprint density at radius 3 is 2.76 bits per heavy atom. The number of hydrogen-bond acceptors (Lipinski definition) is 3. The first-order chi connectivity index (χ1) is 9.91. The van der Waals surface area contributed by atoms with Crippen LogP contribution in [0.1, 0.15) is 18.1 Å². The minimum atomic E-state index is -4.44. The maximum Gasteiger partial charge on any atom is 0.418 e. The Hall–Kier alpha value is -1.76. The van der Waals surface area contributed by atoms with E-state index in [1.165, 1.54) is 11.0 Å². The lowest BCUT2D eigenvalue weighted by Gasteiger charge is -2.31. The molecule has 2 N–H and O–H groups in total. The number of amides is 1. The van der Waals surface area contributed by atoms with Crippen molar-refractivity contribution >= 4 is 11.6 Å². The fraction of sp³-hybridized carbons (Fsp3) is 0.500. The molecule has 0 atom stereocenters. The van der Waals surface area contributed by atoms with E-state index in [1.807, 2.05) is 6.92 Å². The quantitative estimate of drug-likeness (QED) is 0.890. The summed E-state index contributed by atoms with van der Waals surface area (Å²) in [5.74, 6) is -0.258. The second kappa shape index (κ2) is 6.34. The highest BCUT2D eigenvalue weighted by molar-refractivity contribution is 5.83. The fourth-order valence-corrected chi connectivity index (χ4v) is 2.31. The molecule has 1 aliphatic heterocycles. The van der Waals surface area contributed by atoms with Crippen molar-refractivity contribution in [1.82, 2.24) is 10.6 Å². The third-order valence-corrected chi connectivity index (χ3v) is 3.32. The Morgan fingerprint density at radius 1 is 1.38 bits per heavy atom. The lowest BCUT2D eigenvalue weighted by atomic mass is 10.1. The van der Waals surface area contributed by atoms with Gasteiger partial charge >= 0.3 is 6.18 Å². The average Bonchev–Trinajstić information content (AvgIpc) is 2.44. The molecule has 0 aliphatic carbocycles. The van der Waals surface area contributed by atoms with Crippen molar-refractivity contribution in [2.45, 2.75) is 19.6 Å². The Balaban J connectivity index is 2.33. The summed E-state index contributed by atoms with van der Waals surface area (Å²) in [5, 5.41) is 5.61. The predicted molar refractivity (Wildman–Crippen MR) is 74.0 cm³/mol. The largest absolute Gasteiger partial charge is 0.418 e. The smallest absolute Gasteiger partial charge is 0.360 e. The minimum Gasteiger partial charge on any atom is -0.360 e. The second-order valence-electron chi connectivity index (χ2n) is 4.90. The van der Waals surface area contributed by atoms with E-state index in [4.69, 9.17) is 0 Å². The van der Waals surface area contributed by atoms with Crippen LogP contribution in [0.15, 0.2) is 18.2 Å². The molecule has 0 unspecified atom stereocenters. The van der Waals surface area contributed by atoms with Gasteiger partial charge in [-0.2, -0.15) is 13.2 Å². The molecule has 1 aliphatic rings. The molecule has 7 heteroatoms. The number of nitrogens with one attached hydrogen (secondary N) is 2. The number of anilines is 1. The van der Waals surface area contributed by atoms with Crippen molar-refractivity contribution < 1.29 is 18.0 Å². The zero-order valence-electron chi connectivity index (χ0n) is 11.8. The number of halogens is 3. The lowest BCUT2D eigenvalue weighted by molar-refractivity contribution is -0.137. The van der Waals surface area contributed by atoms with Crippen LogP contribution in [0, 0.1) is 0 Å². The first kappa shape index (κ1) is 15.6. The zero-order valence-corrected chi connectivity index (χ0v) is 11.8. The molecule has 4 nitrogen and oxygen atoms in total. The van der Waals surface area contributed by atoms with Crippen molar-refractivity contribution in [2.75, 3.05) is 31.1 Å². The van der Waals surface area contributed by atoms with Crippen molar-refractivity contribution in [3.05, 3.63) is 29.3 Å². The van der Waals surface area contributed by atoms with Gasteiger partial charge in [-0.15, -0.1) is 0 Å². The number of carbonyl (C=O) groups is 1. The Labute approximate surface area is 121 Å². The van der Waals surface area contributed by atoms with Gasteiger partial charge in [0.15, 0.2) is 0 Å². The molecule has 0 bridgehead atoms. The highest BCUT2D eigenvalue weighted by atomic mass is 19.4. The summed E-state index contributed by atoms with van der Waals surface area (Å²) in [6.45, 7) is 3.66. The van der Waals surface area contributed by atoms with E-state index in [-0.39, 0.29) is 18.1 Å². The van der Waals surface area contributed by atoms with E-state index in [1.54, 1.807) is 6.07 Å². The van der Waals surface area contributed by atoms with Gasteiger partial charge in [0.2, 0.25) is 5.91 Å². The Bertz CT molecular complexity index is 517. The molecule has 1 fully saturated rings. The van der Waals surface area contributed by atoms with Crippen molar-refractivity contribution in [2.24, 2.45) is 0 Å². The molecule has 21 heavy (non-hydrogen) atoms. The summed E-state index contributed by atoms with van der Waals surface area (Å²) in [6.07, 6.45) is -4.44. The molecule has 1 aromatic rings. The van der Waals surface area contributed by atoms with Gasteiger partial charge in [-0.1, -0.05) is 13.0 Å². The standard InChI is InChI=1S/C14H18F3N3O/c1-2-18-8-10-3-4-12(11(7-10)14(15,16)17)20-6-5-19-13(21)9-20/h3-4,7,18H,2,5-6,8-9H2,1H3,(H,19,21). The van der Waals surface area contributed by atoms with Crippen molar-refractivity contribution in [1.29, 1.82) is 0 Å². The van der Waals surface area contributed by atoms with Gasteiger partial charge < -0.3 is 15.5 Å². The molecule has 0 radical (unpaired) electrons. The molecule has 1 aromatic carbocycles. The SMILES string of the molecule is CCNCc1ccc(N2CCNC(=O)C2)c(C(F)(F)F)c1. The first-order valence-electron chi connectivity index (χ1n) is 6.84. The molecule has 0 spiro atoms. The van der Waals surface area contributed by atoms with Crippen LogP contribution in [0.5, 0.6) is 0 Å². The topological polar surface area (TPSA) is 44.4 Å². The van der Waals surface area contributed by atoms with E-state index >= 15 is 0 Å². The van der Waals surface area contributed by atoms with Crippen LogP contribution in [0.3, 0.4) is 0 Å². The molecular formula is C14H18F3N3O. The fourth-order valence-electron chi connectivity index (χ4n) is 2.31. The highest BCUT2D eigenvalue weighted by Gasteiger charge is 2.35. The normalized spacial score (nSPS) is 16.0. The van der Waals surface area contributed by atoms with Crippen LogP contribution in [0.4, 0.5) is 18.9 Å². The number of rotatable bonds is 4. The Morgan fingerprint density at radius 2 is 2.14 bits per heavy atom. The van der Waals surface area contributed by atoms with Gasteiger partial charge in [0, 0.05) is 25.3 Å². The summed E-state index contributed by atoms with van der Waals surface area (Å²) in [5.41, 5.74) is -0.0420. The van der Waals surface area contributed by atoms with Crippen LogP contribution in [-0.4, -0.2) is 32.1 Å². The summed E-state index contributed by atoms with van der Waals surface area (Å²) in [7, 11) is 0. The van der Waals surface area contributed by atoms with E-state index in [2.05, 4.69) is 10.6 Å². The van der Waals surface area contributed by atoms with Crippen LogP contribution >= 0.6 is 0 Å². The van der Waals surface area contributed by atoms with Gasteiger partial charge in [-0.05, 0) is 24.2 Å². The third-order valence-electron chi connectivity index (χ3n) is 3.32. The van der Waals surface area contributed by atoms with Gasteiger partial charge in [-0.3, -0.25) is 4.79 Å². The number of carbonyl (C=O) groups excluding carboxylic acids is 1. The molecule has 0 aromatic heterocycles. The highest BCUT2D eigenvalue weighted by Crippen LogP contribution is 2.37. The van der Waals surface area contributed by atoms with Crippen LogP contribution in [-0.2, 0) is 17.5 Å². The number of alkyl halides is 3. The van der Waals surface area contributed by atoms with E-state index < -0.39 is 11.7 Å². The van der Waals surface area contributed by atoms with Gasteiger partial charge in [0.05, 0.1) is 12.1 Å². The average molecular weight is 301 g/mol. The maximum atomic E-state index is 13.3. The zero-order chi connectivity index (χ0) is 15.5. The summed E-state index contributed by atoms with van der Waals surface area (Å²) in [4.78, 5) is 12.8. The van der Waals surface area contributed by atoms with Crippen molar-refractivity contribution in [3.8, 4) is 0 Å². The van der Waals surface area contributed by atoms with Gasteiger partial charge in [-0.25, -0.2) is 0 Å². The summed E-state index contributed by atoms with van der Waals surface area (Å²) >= 11 is 0. The third kappa shape index (κ3) is 3.87. The number of hydrogen-bond donors (Lipinski definition) is 2. The minimum absolute atomic E-state index is 0.0460. The second-order valence-corrected chi connectivity index (χ2v) is 4.90. The van der Waals surface area contributed by atoms with Gasteiger partial charge in [0.1, 0.15) is 0 Å². The summed E-state index contributed by atoms with van der Waals surface area (Å²) < 4.78 is 39.8. The van der Waals surface area contributed by atoms with Crippen molar-refractivity contribution in [3.63, 3.8) is 0 Å². The van der Waals surface area contributed by atoms with Gasteiger partial charge in [0.25, 0.3) is 0 Å². The van der Waals surface area contributed by atoms with Crippen LogP contribution < -0.4 is 15.5 Å². The number of benzene rings is 1.